The van der Waals surface area contributed by atoms with Crippen molar-refractivity contribution in [3.8, 4) is 5.75 Å². The van der Waals surface area contributed by atoms with Gasteiger partial charge in [-0.25, -0.2) is 13.1 Å². The van der Waals surface area contributed by atoms with Gasteiger partial charge < -0.3 is 9.84 Å². The van der Waals surface area contributed by atoms with Crippen LogP contribution in [0.1, 0.15) is 18.4 Å². The van der Waals surface area contributed by atoms with Gasteiger partial charge in [0, 0.05) is 19.6 Å². The largest absolute Gasteiger partial charge is 0.491 e. The van der Waals surface area contributed by atoms with Crippen molar-refractivity contribution in [2.24, 2.45) is 5.92 Å². The zero-order valence-corrected chi connectivity index (χ0v) is 16.8. The number of sulfonamides is 1. The van der Waals surface area contributed by atoms with Gasteiger partial charge in [0.25, 0.3) is 0 Å². The fraction of sp³-hybridized carbons (Fsp3) is 0.429. The maximum atomic E-state index is 12.4. The highest BCUT2D eigenvalue weighted by Crippen LogP contribution is 2.21. The lowest BCUT2D eigenvalue weighted by Gasteiger charge is -2.32. The van der Waals surface area contributed by atoms with Crippen molar-refractivity contribution in [1.82, 2.24) is 9.62 Å². The summed E-state index contributed by atoms with van der Waals surface area (Å²) in [5, 5.41) is 8.89. The van der Waals surface area contributed by atoms with Crippen LogP contribution in [0.2, 0.25) is 0 Å². The highest BCUT2D eigenvalue weighted by Gasteiger charge is 2.22. The Hall–Kier alpha value is -1.93. The molecule has 6 nitrogen and oxygen atoms in total. The third-order valence-corrected chi connectivity index (χ3v) is 6.32. The van der Waals surface area contributed by atoms with E-state index in [0.29, 0.717) is 17.4 Å². The van der Waals surface area contributed by atoms with E-state index in [1.807, 2.05) is 24.3 Å². The summed E-state index contributed by atoms with van der Waals surface area (Å²) in [7, 11) is -3.46. The predicted molar refractivity (Wildman–Crippen MR) is 109 cm³/mol. The van der Waals surface area contributed by atoms with Crippen LogP contribution in [0.3, 0.4) is 0 Å². The van der Waals surface area contributed by atoms with Crippen molar-refractivity contribution < 1.29 is 18.3 Å². The van der Waals surface area contributed by atoms with Crippen LogP contribution in [-0.2, 0) is 16.6 Å². The summed E-state index contributed by atoms with van der Waals surface area (Å²) in [6.45, 7) is 3.40. The predicted octanol–water partition coefficient (Wildman–Crippen LogP) is 2.25. The maximum Gasteiger partial charge on any atom is 0.240 e. The SMILES string of the molecule is O=S(=O)(NC[C@@H]1CCCN(Cc2cccc(OCCO)c2)C1)c1ccccc1. The molecule has 0 spiro atoms. The second-order valence-corrected chi connectivity index (χ2v) is 8.89. The van der Waals surface area contributed by atoms with Crippen LogP contribution in [0, 0.1) is 5.92 Å². The minimum atomic E-state index is -3.46. The third kappa shape index (κ3) is 6.04. The van der Waals surface area contributed by atoms with Crippen LogP contribution in [0.5, 0.6) is 5.75 Å². The monoisotopic (exact) mass is 404 g/mol. The molecule has 0 unspecified atom stereocenters. The summed E-state index contributed by atoms with van der Waals surface area (Å²) in [5.74, 6) is 1.05. The second kappa shape index (κ2) is 10.0. The van der Waals surface area contributed by atoms with Crippen molar-refractivity contribution in [2.45, 2.75) is 24.3 Å². The molecule has 2 aromatic carbocycles. The number of nitrogens with zero attached hydrogens (tertiary/aromatic N) is 1. The summed E-state index contributed by atoms with van der Waals surface area (Å²) in [4.78, 5) is 2.67. The standard InChI is InChI=1S/C21H28N2O4S/c24-12-13-27-20-8-4-6-18(14-20)16-23-11-5-7-19(17-23)15-22-28(25,26)21-9-2-1-3-10-21/h1-4,6,8-10,14,19,22,24H,5,7,11-13,15-17H2/t19-/m0/s1. The van der Waals surface area contributed by atoms with Crippen molar-refractivity contribution >= 4 is 10.0 Å². The molecule has 2 aromatic rings. The Kier molecular flexibility index (Phi) is 7.44. The van der Waals surface area contributed by atoms with Gasteiger partial charge in [0.15, 0.2) is 0 Å². The van der Waals surface area contributed by atoms with E-state index in [9.17, 15) is 8.42 Å². The van der Waals surface area contributed by atoms with Crippen molar-refractivity contribution in [1.29, 1.82) is 0 Å². The normalized spacial score (nSPS) is 18.1. The van der Waals surface area contributed by atoms with Gasteiger partial charge in [0.1, 0.15) is 12.4 Å². The number of hydrogen-bond acceptors (Lipinski definition) is 5. The first-order valence-electron chi connectivity index (χ1n) is 9.66. The minimum absolute atomic E-state index is 0.00305. The zero-order valence-electron chi connectivity index (χ0n) is 16.0. The highest BCUT2D eigenvalue weighted by atomic mass is 32.2. The molecule has 1 heterocycles. The summed E-state index contributed by atoms with van der Waals surface area (Å²) < 4.78 is 33.1. The van der Waals surface area contributed by atoms with E-state index in [4.69, 9.17) is 9.84 Å². The van der Waals surface area contributed by atoms with Crippen LogP contribution >= 0.6 is 0 Å². The minimum Gasteiger partial charge on any atom is -0.491 e. The Morgan fingerprint density at radius 2 is 1.96 bits per heavy atom. The first-order valence-corrected chi connectivity index (χ1v) is 11.1. The quantitative estimate of drug-likeness (QED) is 0.670. The Bertz CT molecular complexity index is 842. The number of nitrogens with one attached hydrogen (secondary N) is 1. The lowest BCUT2D eigenvalue weighted by Crippen LogP contribution is -2.40. The number of piperidine rings is 1. The van der Waals surface area contributed by atoms with E-state index in [2.05, 4.69) is 15.7 Å². The molecule has 0 bridgehead atoms. The average molecular weight is 405 g/mol. The number of benzene rings is 2. The topological polar surface area (TPSA) is 78.9 Å². The van der Waals surface area contributed by atoms with Crippen LogP contribution in [0.25, 0.3) is 0 Å². The molecule has 152 valence electrons. The van der Waals surface area contributed by atoms with Crippen LogP contribution in [0.15, 0.2) is 59.5 Å². The Labute approximate surface area is 167 Å². The van der Waals surface area contributed by atoms with E-state index in [1.54, 1.807) is 24.3 Å². The van der Waals surface area contributed by atoms with Crippen LogP contribution in [0.4, 0.5) is 0 Å². The number of rotatable bonds is 9. The van der Waals surface area contributed by atoms with Gasteiger partial charge in [-0.2, -0.15) is 0 Å². The van der Waals surface area contributed by atoms with Gasteiger partial charge in [-0.1, -0.05) is 30.3 Å². The van der Waals surface area contributed by atoms with E-state index in [-0.39, 0.29) is 13.2 Å². The molecule has 0 saturated carbocycles. The van der Waals surface area contributed by atoms with Crippen molar-refractivity contribution in [3.05, 3.63) is 60.2 Å². The van der Waals surface area contributed by atoms with Gasteiger partial charge in [-0.3, -0.25) is 4.90 Å². The van der Waals surface area contributed by atoms with Crippen molar-refractivity contribution in [3.63, 3.8) is 0 Å². The zero-order chi connectivity index (χ0) is 19.8. The fourth-order valence-electron chi connectivity index (χ4n) is 3.53. The summed E-state index contributed by atoms with van der Waals surface area (Å²) in [6.07, 6.45) is 2.08. The molecule has 1 aliphatic heterocycles. The van der Waals surface area contributed by atoms with E-state index in [0.717, 1.165) is 43.8 Å². The number of aliphatic hydroxyl groups excluding tert-OH is 1. The van der Waals surface area contributed by atoms with Crippen LogP contribution < -0.4 is 9.46 Å². The molecule has 1 aliphatic rings. The summed E-state index contributed by atoms with van der Waals surface area (Å²) in [6, 6.07) is 16.4. The van der Waals surface area contributed by atoms with E-state index < -0.39 is 10.0 Å². The third-order valence-electron chi connectivity index (χ3n) is 4.88. The molecule has 0 aromatic heterocycles. The molecule has 2 N–H and O–H groups in total. The Balaban J connectivity index is 1.53. The molecule has 0 aliphatic carbocycles. The molecule has 1 fully saturated rings. The molecule has 7 heteroatoms. The summed E-state index contributed by atoms with van der Waals surface area (Å²) >= 11 is 0. The lowest BCUT2D eigenvalue weighted by atomic mass is 9.98. The number of aliphatic hydroxyl groups is 1. The molecule has 1 saturated heterocycles. The molecular weight excluding hydrogens is 376 g/mol. The van der Waals surface area contributed by atoms with Gasteiger partial charge in [-0.05, 0) is 55.1 Å². The Morgan fingerprint density at radius 3 is 2.75 bits per heavy atom. The van der Waals surface area contributed by atoms with E-state index in [1.165, 1.54) is 0 Å². The first kappa shape index (κ1) is 20.8. The van der Waals surface area contributed by atoms with Crippen molar-refractivity contribution in [2.75, 3.05) is 32.8 Å². The van der Waals surface area contributed by atoms with E-state index >= 15 is 0 Å². The lowest BCUT2D eigenvalue weighted by molar-refractivity contribution is 0.168. The number of ether oxygens (including phenoxy) is 1. The van der Waals surface area contributed by atoms with Gasteiger partial charge in [0.05, 0.1) is 11.5 Å². The molecule has 3 rings (SSSR count). The molecular formula is C21H28N2O4S. The average Bonchev–Trinajstić information content (AvgIpc) is 2.72. The van der Waals surface area contributed by atoms with Gasteiger partial charge >= 0.3 is 0 Å². The highest BCUT2D eigenvalue weighted by molar-refractivity contribution is 7.89. The fourth-order valence-corrected chi connectivity index (χ4v) is 4.66. The Morgan fingerprint density at radius 1 is 1.14 bits per heavy atom. The second-order valence-electron chi connectivity index (χ2n) is 7.13. The van der Waals surface area contributed by atoms with Gasteiger partial charge in [-0.15, -0.1) is 0 Å². The van der Waals surface area contributed by atoms with Gasteiger partial charge in [0.2, 0.25) is 10.0 Å². The van der Waals surface area contributed by atoms with Crippen LogP contribution in [-0.4, -0.2) is 51.3 Å². The molecule has 1 atom stereocenters. The summed E-state index contributed by atoms with van der Waals surface area (Å²) in [5.41, 5.74) is 1.15. The molecule has 0 radical (unpaired) electrons. The smallest absolute Gasteiger partial charge is 0.240 e. The first-order chi connectivity index (χ1) is 13.6. The number of hydrogen-bond donors (Lipinski definition) is 2. The molecule has 0 amide bonds. The maximum absolute atomic E-state index is 12.4. The molecule has 28 heavy (non-hydrogen) atoms. The number of likely N-dealkylation sites (tertiary alicyclic amines) is 1.